The van der Waals surface area contributed by atoms with Crippen LogP contribution in [0.25, 0.3) is 0 Å². The second-order valence-corrected chi connectivity index (χ2v) is 2.79. The first kappa shape index (κ1) is 9.51. The molecule has 0 amide bonds. The summed E-state index contributed by atoms with van der Waals surface area (Å²) in [6.07, 6.45) is 1.51. The summed E-state index contributed by atoms with van der Waals surface area (Å²) in [7, 11) is 1.59. The maximum absolute atomic E-state index is 5.07. The van der Waals surface area contributed by atoms with E-state index < -0.39 is 0 Å². The molecule has 4 heteroatoms. The second kappa shape index (κ2) is 3.89. The van der Waals surface area contributed by atoms with E-state index in [1.807, 2.05) is 19.9 Å². The highest BCUT2D eigenvalue weighted by atomic mass is 16.5. The molecule has 1 aromatic heterocycles. The first-order chi connectivity index (χ1) is 6.19. The molecule has 0 aliphatic heterocycles. The minimum Gasteiger partial charge on any atom is -0.481 e. The highest BCUT2D eigenvalue weighted by Crippen LogP contribution is 2.16. The SMILES string of the molecule is COc1nc(/C=N/N)c(C)cc1C. The molecule has 0 atom stereocenters. The fourth-order valence-corrected chi connectivity index (χ4v) is 1.15. The number of hydrazone groups is 1. The Morgan fingerprint density at radius 3 is 2.69 bits per heavy atom. The van der Waals surface area contributed by atoms with E-state index in [1.165, 1.54) is 6.21 Å². The molecule has 0 saturated heterocycles. The number of aromatic nitrogens is 1. The van der Waals surface area contributed by atoms with Crippen LogP contribution in [0.4, 0.5) is 0 Å². The van der Waals surface area contributed by atoms with Crippen molar-refractivity contribution < 1.29 is 4.74 Å². The molecule has 0 fully saturated rings. The van der Waals surface area contributed by atoms with Gasteiger partial charge in [-0.3, -0.25) is 0 Å². The van der Waals surface area contributed by atoms with E-state index in [0.29, 0.717) is 5.88 Å². The molecule has 0 unspecified atom stereocenters. The largest absolute Gasteiger partial charge is 0.481 e. The lowest BCUT2D eigenvalue weighted by molar-refractivity contribution is 0.394. The van der Waals surface area contributed by atoms with Crippen LogP contribution < -0.4 is 10.6 Å². The summed E-state index contributed by atoms with van der Waals surface area (Å²) in [6.45, 7) is 3.90. The second-order valence-electron chi connectivity index (χ2n) is 2.79. The molecule has 0 aliphatic rings. The molecule has 0 saturated carbocycles. The Morgan fingerprint density at radius 1 is 1.46 bits per heavy atom. The van der Waals surface area contributed by atoms with Gasteiger partial charge in [-0.2, -0.15) is 5.10 Å². The van der Waals surface area contributed by atoms with Crippen molar-refractivity contribution in [2.45, 2.75) is 13.8 Å². The molecule has 13 heavy (non-hydrogen) atoms. The number of nitrogens with zero attached hydrogens (tertiary/aromatic N) is 2. The van der Waals surface area contributed by atoms with E-state index in [4.69, 9.17) is 10.6 Å². The summed E-state index contributed by atoms with van der Waals surface area (Å²) in [5.74, 6) is 5.66. The van der Waals surface area contributed by atoms with Crippen LogP contribution in [0.5, 0.6) is 5.88 Å². The average molecular weight is 179 g/mol. The zero-order valence-corrected chi connectivity index (χ0v) is 8.03. The molecule has 0 bridgehead atoms. The zero-order valence-electron chi connectivity index (χ0n) is 8.03. The monoisotopic (exact) mass is 179 g/mol. The van der Waals surface area contributed by atoms with Gasteiger partial charge >= 0.3 is 0 Å². The molecule has 1 aromatic rings. The number of methoxy groups -OCH3 is 1. The minimum atomic E-state index is 0.612. The van der Waals surface area contributed by atoms with Crippen LogP contribution in [-0.2, 0) is 0 Å². The van der Waals surface area contributed by atoms with Crippen molar-refractivity contribution >= 4 is 6.21 Å². The van der Waals surface area contributed by atoms with E-state index in [2.05, 4.69) is 10.1 Å². The van der Waals surface area contributed by atoms with Crippen molar-refractivity contribution in [3.63, 3.8) is 0 Å². The Kier molecular flexibility index (Phi) is 2.84. The third kappa shape index (κ3) is 1.96. The van der Waals surface area contributed by atoms with E-state index in [-0.39, 0.29) is 0 Å². The number of ether oxygens (including phenoxy) is 1. The van der Waals surface area contributed by atoms with Gasteiger partial charge in [-0.15, -0.1) is 0 Å². The lowest BCUT2D eigenvalue weighted by atomic mass is 10.1. The fraction of sp³-hybridized carbons (Fsp3) is 0.333. The van der Waals surface area contributed by atoms with Gasteiger partial charge in [0, 0.05) is 5.56 Å². The number of hydrogen-bond acceptors (Lipinski definition) is 4. The summed E-state index contributed by atoms with van der Waals surface area (Å²) in [5.41, 5.74) is 2.78. The van der Waals surface area contributed by atoms with Crippen LogP contribution in [0, 0.1) is 13.8 Å². The third-order valence-corrected chi connectivity index (χ3v) is 1.79. The molecule has 0 aliphatic carbocycles. The lowest BCUT2D eigenvalue weighted by Gasteiger charge is -2.06. The standard InChI is InChI=1S/C9H13N3O/c1-6-4-7(2)9(13-3)12-8(6)5-11-10/h4-5H,10H2,1-3H3/b11-5+. The number of rotatable bonds is 2. The predicted molar refractivity (Wildman–Crippen MR) is 52.0 cm³/mol. The molecular formula is C9H13N3O. The van der Waals surface area contributed by atoms with Gasteiger partial charge in [0.2, 0.25) is 5.88 Å². The molecule has 4 nitrogen and oxygen atoms in total. The maximum atomic E-state index is 5.07. The van der Waals surface area contributed by atoms with Crippen molar-refractivity contribution in [2.24, 2.45) is 10.9 Å². The van der Waals surface area contributed by atoms with Crippen molar-refractivity contribution in [1.82, 2.24) is 4.98 Å². The normalized spacial score (nSPS) is 10.7. The molecule has 2 N–H and O–H groups in total. The smallest absolute Gasteiger partial charge is 0.216 e. The van der Waals surface area contributed by atoms with E-state index in [0.717, 1.165) is 16.8 Å². The highest BCUT2D eigenvalue weighted by Gasteiger charge is 2.04. The van der Waals surface area contributed by atoms with E-state index >= 15 is 0 Å². The first-order valence-corrected chi connectivity index (χ1v) is 3.94. The Morgan fingerprint density at radius 2 is 2.15 bits per heavy atom. The lowest BCUT2D eigenvalue weighted by Crippen LogP contribution is -1.99. The van der Waals surface area contributed by atoms with Gasteiger partial charge in [0.15, 0.2) is 0 Å². The fourth-order valence-electron chi connectivity index (χ4n) is 1.15. The van der Waals surface area contributed by atoms with Crippen LogP contribution in [0.3, 0.4) is 0 Å². The van der Waals surface area contributed by atoms with Gasteiger partial charge in [0.25, 0.3) is 0 Å². The summed E-state index contributed by atoms with van der Waals surface area (Å²) >= 11 is 0. The van der Waals surface area contributed by atoms with E-state index in [9.17, 15) is 0 Å². The summed E-state index contributed by atoms with van der Waals surface area (Å²) in [4.78, 5) is 4.23. The van der Waals surface area contributed by atoms with Gasteiger partial charge in [0.05, 0.1) is 19.0 Å². The van der Waals surface area contributed by atoms with Crippen LogP contribution >= 0.6 is 0 Å². The Bertz CT molecular complexity index is 334. The summed E-state index contributed by atoms with van der Waals surface area (Å²) in [5, 5.41) is 3.43. The van der Waals surface area contributed by atoms with Crippen LogP contribution in [0.15, 0.2) is 11.2 Å². The predicted octanol–water partition coefficient (Wildman–Crippen LogP) is 1.000. The number of nitrogens with two attached hydrogens (primary N) is 1. The van der Waals surface area contributed by atoms with Gasteiger partial charge in [-0.05, 0) is 25.5 Å². The Balaban J connectivity index is 3.22. The van der Waals surface area contributed by atoms with Gasteiger partial charge in [-0.25, -0.2) is 4.98 Å². The Hall–Kier alpha value is -1.58. The quantitative estimate of drug-likeness (QED) is 0.418. The summed E-state index contributed by atoms with van der Waals surface area (Å²) < 4.78 is 5.07. The van der Waals surface area contributed by atoms with Crippen LogP contribution in [0.1, 0.15) is 16.8 Å². The summed E-state index contributed by atoms with van der Waals surface area (Å²) in [6, 6.07) is 1.99. The first-order valence-electron chi connectivity index (χ1n) is 3.94. The van der Waals surface area contributed by atoms with Gasteiger partial charge in [-0.1, -0.05) is 0 Å². The maximum Gasteiger partial charge on any atom is 0.216 e. The zero-order chi connectivity index (χ0) is 9.84. The number of pyridine rings is 1. The topological polar surface area (TPSA) is 60.5 Å². The van der Waals surface area contributed by atoms with Crippen LogP contribution in [-0.4, -0.2) is 18.3 Å². The molecule has 70 valence electrons. The van der Waals surface area contributed by atoms with Crippen molar-refractivity contribution in [3.8, 4) is 5.88 Å². The molecule has 1 heterocycles. The van der Waals surface area contributed by atoms with Crippen LogP contribution in [0.2, 0.25) is 0 Å². The van der Waals surface area contributed by atoms with Gasteiger partial charge < -0.3 is 10.6 Å². The van der Waals surface area contributed by atoms with Crippen molar-refractivity contribution in [1.29, 1.82) is 0 Å². The highest BCUT2D eigenvalue weighted by molar-refractivity contribution is 5.79. The molecule has 1 rings (SSSR count). The number of hydrogen-bond donors (Lipinski definition) is 1. The molecular weight excluding hydrogens is 166 g/mol. The van der Waals surface area contributed by atoms with Gasteiger partial charge in [0.1, 0.15) is 0 Å². The minimum absolute atomic E-state index is 0.612. The third-order valence-electron chi connectivity index (χ3n) is 1.79. The number of aryl methyl sites for hydroxylation is 2. The molecule has 0 spiro atoms. The van der Waals surface area contributed by atoms with E-state index in [1.54, 1.807) is 7.11 Å². The Labute approximate surface area is 77.4 Å². The average Bonchev–Trinajstić information content (AvgIpc) is 2.10. The van der Waals surface area contributed by atoms with Crippen molar-refractivity contribution in [3.05, 3.63) is 22.9 Å². The molecule has 0 radical (unpaired) electrons. The van der Waals surface area contributed by atoms with Crippen molar-refractivity contribution in [2.75, 3.05) is 7.11 Å². The molecule has 0 aromatic carbocycles.